The molecule has 1 amide bonds. The maximum absolute atomic E-state index is 11.9. The van der Waals surface area contributed by atoms with Gasteiger partial charge in [0.2, 0.25) is 11.4 Å². The molecule has 1 aliphatic rings. The normalized spacial score (nSPS) is 26.7. The van der Waals surface area contributed by atoms with Gasteiger partial charge in [-0.25, -0.2) is 4.79 Å². The molecule has 0 saturated carbocycles. The highest BCUT2D eigenvalue weighted by Gasteiger charge is 2.55. The number of nitrogens with two attached hydrogens (primary N) is 2. The second-order valence-electron chi connectivity index (χ2n) is 4.03. The number of nitrogens with zero attached hydrogens (tertiary/aromatic N) is 1. The smallest absolute Gasteiger partial charge is 0.334 e. The lowest BCUT2D eigenvalue weighted by Crippen LogP contribution is -2.60. The Kier molecular flexibility index (Phi) is 3.81. The number of rotatable bonds is 5. The number of primary amides is 1. The molecule has 17 heavy (non-hydrogen) atoms. The molecule has 0 radical (unpaired) electrons. The molecule has 0 aromatic rings. The number of hydrogen-bond donors (Lipinski definition) is 4. The van der Waals surface area contributed by atoms with Gasteiger partial charge in [-0.05, 0) is 12.8 Å². The van der Waals surface area contributed by atoms with Crippen molar-refractivity contribution in [2.75, 3.05) is 6.54 Å². The quantitative estimate of drug-likeness (QED) is 0.412. The first-order valence-electron chi connectivity index (χ1n) is 5.10. The number of amides is 1. The Balaban J connectivity index is 2.96. The molecular formula is C9H15N3O5. The van der Waals surface area contributed by atoms with E-state index < -0.39 is 35.7 Å². The van der Waals surface area contributed by atoms with E-state index in [2.05, 4.69) is 0 Å². The molecule has 0 aliphatic carbocycles. The second kappa shape index (κ2) is 4.78. The van der Waals surface area contributed by atoms with Crippen LogP contribution in [0.25, 0.3) is 0 Å². The molecule has 8 nitrogen and oxygen atoms in total. The van der Waals surface area contributed by atoms with Crippen molar-refractivity contribution in [1.82, 2.24) is 5.06 Å². The van der Waals surface area contributed by atoms with Crippen molar-refractivity contribution in [3.05, 3.63) is 0 Å². The summed E-state index contributed by atoms with van der Waals surface area (Å²) in [6.07, 6.45) is -0.121. The van der Waals surface area contributed by atoms with Gasteiger partial charge in [0.25, 0.3) is 0 Å². The Hall–Kier alpha value is -1.51. The van der Waals surface area contributed by atoms with E-state index in [9.17, 15) is 19.6 Å². The molecule has 1 saturated heterocycles. The number of carboxylic acids is 1. The summed E-state index contributed by atoms with van der Waals surface area (Å²) in [7, 11) is 0. The Morgan fingerprint density at radius 3 is 2.35 bits per heavy atom. The molecule has 1 rings (SSSR count). The van der Waals surface area contributed by atoms with Crippen molar-refractivity contribution in [3.63, 3.8) is 0 Å². The molecular weight excluding hydrogens is 230 g/mol. The Morgan fingerprint density at radius 2 is 2.00 bits per heavy atom. The predicted molar refractivity (Wildman–Crippen MR) is 54.9 cm³/mol. The highest BCUT2D eigenvalue weighted by Crippen LogP contribution is 2.30. The Bertz CT molecular complexity index is 359. The van der Waals surface area contributed by atoms with E-state index in [0.29, 0.717) is 11.5 Å². The largest absolute Gasteiger partial charge is 0.479 e. The zero-order valence-electron chi connectivity index (χ0n) is 9.13. The molecule has 2 atom stereocenters. The summed E-state index contributed by atoms with van der Waals surface area (Å²) in [5, 5.41) is 19.1. The van der Waals surface area contributed by atoms with Crippen LogP contribution in [0.4, 0.5) is 0 Å². The summed E-state index contributed by atoms with van der Waals surface area (Å²) in [6, 6.07) is -1.32. The van der Waals surface area contributed by atoms with Crippen molar-refractivity contribution in [2.45, 2.75) is 30.8 Å². The molecule has 1 heterocycles. The van der Waals surface area contributed by atoms with E-state index >= 15 is 0 Å². The Morgan fingerprint density at radius 1 is 1.41 bits per heavy atom. The summed E-state index contributed by atoms with van der Waals surface area (Å²) < 4.78 is 0. The monoisotopic (exact) mass is 245 g/mol. The van der Waals surface area contributed by atoms with Gasteiger partial charge < -0.3 is 21.8 Å². The molecule has 0 aromatic carbocycles. The first-order chi connectivity index (χ1) is 7.82. The van der Waals surface area contributed by atoms with Gasteiger partial charge in [-0.2, -0.15) is 5.06 Å². The van der Waals surface area contributed by atoms with E-state index in [1.54, 1.807) is 0 Å². The van der Waals surface area contributed by atoms with Gasteiger partial charge in [0.05, 0.1) is 6.04 Å². The second-order valence-corrected chi connectivity index (χ2v) is 4.03. The van der Waals surface area contributed by atoms with Crippen molar-refractivity contribution in [3.8, 4) is 0 Å². The zero-order chi connectivity index (χ0) is 13.2. The first kappa shape index (κ1) is 13.6. The molecule has 2 unspecified atom stereocenters. The fraction of sp³-hybridized carbons (Fsp3) is 0.667. The summed E-state index contributed by atoms with van der Waals surface area (Å²) in [5.41, 5.74) is 8.27. The zero-order valence-corrected chi connectivity index (χ0v) is 9.13. The Labute approximate surface area is 97.1 Å². The van der Waals surface area contributed by atoms with Gasteiger partial charge in [-0.1, -0.05) is 0 Å². The average molecular weight is 245 g/mol. The maximum Gasteiger partial charge on any atom is 0.334 e. The SMILES string of the molecule is NC(=O)CC(N)C(=O)C1(C(=O)O)CCCN1O. The molecule has 0 bridgehead atoms. The maximum atomic E-state index is 11.9. The lowest BCUT2D eigenvalue weighted by Gasteiger charge is -2.30. The van der Waals surface area contributed by atoms with Crippen LogP contribution < -0.4 is 11.5 Å². The van der Waals surface area contributed by atoms with Crippen LogP contribution in [0, 0.1) is 0 Å². The van der Waals surface area contributed by atoms with Gasteiger partial charge in [0.1, 0.15) is 0 Å². The number of carbonyl (C=O) groups is 3. The molecule has 96 valence electrons. The average Bonchev–Trinajstić information content (AvgIpc) is 2.58. The molecule has 1 aliphatic heterocycles. The molecule has 8 heteroatoms. The molecule has 0 aromatic heterocycles. The van der Waals surface area contributed by atoms with Crippen molar-refractivity contribution in [1.29, 1.82) is 0 Å². The van der Waals surface area contributed by atoms with Crippen molar-refractivity contribution < 1.29 is 24.7 Å². The van der Waals surface area contributed by atoms with E-state index in [0.717, 1.165) is 0 Å². The fourth-order valence-corrected chi connectivity index (χ4v) is 1.99. The molecule has 1 fully saturated rings. The van der Waals surface area contributed by atoms with Crippen LogP contribution in [0.5, 0.6) is 0 Å². The van der Waals surface area contributed by atoms with Crippen LogP contribution in [-0.2, 0) is 14.4 Å². The third-order valence-electron chi connectivity index (χ3n) is 2.87. The van der Waals surface area contributed by atoms with Crippen LogP contribution >= 0.6 is 0 Å². The lowest BCUT2D eigenvalue weighted by molar-refractivity contribution is -0.188. The van der Waals surface area contributed by atoms with E-state index in [-0.39, 0.29) is 13.0 Å². The van der Waals surface area contributed by atoms with E-state index in [1.807, 2.05) is 0 Å². The number of carbonyl (C=O) groups excluding carboxylic acids is 2. The number of ketones is 1. The van der Waals surface area contributed by atoms with Crippen molar-refractivity contribution in [2.24, 2.45) is 11.5 Å². The van der Waals surface area contributed by atoms with Crippen LogP contribution in [0.1, 0.15) is 19.3 Å². The molecule has 0 spiro atoms. The van der Waals surface area contributed by atoms with Crippen LogP contribution in [0.3, 0.4) is 0 Å². The van der Waals surface area contributed by atoms with Crippen LogP contribution in [-0.4, -0.2) is 51.2 Å². The standard InChI is InChI=1S/C9H15N3O5/c10-5(4-6(11)13)7(14)9(8(15)16)2-1-3-12(9)17/h5,17H,1-4,10H2,(H2,11,13)(H,15,16). The highest BCUT2D eigenvalue weighted by atomic mass is 16.5. The minimum Gasteiger partial charge on any atom is -0.479 e. The third-order valence-corrected chi connectivity index (χ3v) is 2.87. The van der Waals surface area contributed by atoms with Crippen molar-refractivity contribution >= 4 is 17.7 Å². The van der Waals surface area contributed by atoms with Gasteiger partial charge in [0, 0.05) is 13.0 Å². The number of carboxylic acid groups (broad SMARTS) is 1. The fourth-order valence-electron chi connectivity index (χ4n) is 1.99. The highest BCUT2D eigenvalue weighted by molar-refractivity contribution is 6.11. The topological polar surface area (TPSA) is 147 Å². The van der Waals surface area contributed by atoms with Gasteiger partial charge in [-0.3, -0.25) is 9.59 Å². The predicted octanol–water partition coefficient (Wildman–Crippen LogP) is -1.93. The lowest BCUT2D eigenvalue weighted by atomic mass is 9.86. The minimum absolute atomic E-state index is 0.0376. The van der Waals surface area contributed by atoms with E-state index in [1.165, 1.54) is 0 Å². The minimum atomic E-state index is -2.05. The summed E-state index contributed by atoms with van der Waals surface area (Å²) in [6.45, 7) is 0.0708. The van der Waals surface area contributed by atoms with E-state index in [4.69, 9.17) is 16.6 Å². The first-order valence-corrected chi connectivity index (χ1v) is 5.10. The summed E-state index contributed by atoms with van der Waals surface area (Å²) in [4.78, 5) is 33.8. The van der Waals surface area contributed by atoms with Gasteiger partial charge in [-0.15, -0.1) is 0 Å². The summed E-state index contributed by atoms with van der Waals surface area (Å²) >= 11 is 0. The van der Waals surface area contributed by atoms with Crippen LogP contribution in [0.15, 0.2) is 0 Å². The number of hydroxylamine groups is 2. The number of hydrogen-bond acceptors (Lipinski definition) is 6. The van der Waals surface area contributed by atoms with Gasteiger partial charge >= 0.3 is 5.97 Å². The number of Topliss-reactive ketones (excluding diaryl/α,β-unsaturated/α-hetero) is 1. The van der Waals surface area contributed by atoms with Crippen LogP contribution in [0.2, 0.25) is 0 Å². The van der Waals surface area contributed by atoms with Gasteiger partial charge in [0.15, 0.2) is 5.78 Å². The third kappa shape index (κ3) is 2.28. The number of aliphatic carboxylic acids is 1. The molecule has 6 N–H and O–H groups in total. The summed E-state index contributed by atoms with van der Waals surface area (Å²) in [5.74, 6) is -3.17.